The second-order valence-corrected chi connectivity index (χ2v) is 7.24. The third kappa shape index (κ3) is 4.87. The quantitative estimate of drug-likeness (QED) is 0.833. The Morgan fingerprint density at radius 2 is 1.37 bits per heavy atom. The van der Waals surface area contributed by atoms with Crippen molar-refractivity contribution in [2.75, 3.05) is 13.2 Å². The van der Waals surface area contributed by atoms with E-state index in [2.05, 4.69) is 59.7 Å². The first kappa shape index (κ1) is 16.0. The molecule has 0 amide bonds. The molecular weight excluding hydrogens is 234 g/mol. The van der Waals surface area contributed by atoms with Gasteiger partial charge < -0.3 is 10.5 Å². The van der Waals surface area contributed by atoms with Crippen LogP contribution < -0.4 is 10.5 Å². The first-order chi connectivity index (χ1) is 8.64. The Morgan fingerprint density at radius 1 is 0.895 bits per heavy atom. The lowest BCUT2D eigenvalue weighted by atomic mass is 9.80. The zero-order valence-corrected chi connectivity index (χ0v) is 13.3. The molecule has 0 aliphatic carbocycles. The molecule has 0 aliphatic rings. The molecule has 0 bridgehead atoms. The molecule has 0 heterocycles. The van der Waals surface area contributed by atoms with Crippen molar-refractivity contribution in [1.82, 2.24) is 0 Å². The van der Waals surface area contributed by atoms with Crippen LogP contribution in [0.25, 0.3) is 0 Å². The highest BCUT2D eigenvalue weighted by molar-refractivity contribution is 5.40. The maximum atomic E-state index is 5.84. The first-order valence-corrected chi connectivity index (χ1v) is 7.13. The Morgan fingerprint density at radius 3 is 1.74 bits per heavy atom. The van der Waals surface area contributed by atoms with E-state index in [-0.39, 0.29) is 10.8 Å². The van der Waals surface area contributed by atoms with Crippen LogP contribution in [0.5, 0.6) is 5.75 Å². The van der Waals surface area contributed by atoms with Crippen LogP contribution in [0.1, 0.15) is 59.1 Å². The summed E-state index contributed by atoms with van der Waals surface area (Å²) in [4.78, 5) is 0. The van der Waals surface area contributed by atoms with Crippen LogP contribution in [-0.2, 0) is 10.8 Å². The van der Waals surface area contributed by atoms with Crippen LogP contribution >= 0.6 is 0 Å². The van der Waals surface area contributed by atoms with Crippen LogP contribution in [0.2, 0.25) is 0 Å². The molecule has 0 radical (unpaired) electrons. The summed E-state index contributed by atoms with van der Waals surface area (Å²) in [5.74, 6) is 0.964. The van der Waals surface area contributed by atoms with Crippen molar-refractivity contribution in [3.8, 4) is 5.75 Å². The SMILES string of the molecule is CC(C)(C)c1cc(OCCCN)cc(C(C)(C)C)c1. The molecule has 0 aliphatic heterocycles. The zero-order valence-electron chi connectivity index (χ0n) is 13.3. The molecule has 0 saturated heterocycles. The average Bonchev–Trinajstić information content (AvgIpc) is 2.27. The van der Waals surface area contributed by atoms with Crippen LogP contribution in [0.15, 0.2) is 18.2 Å². The van der Waals surface area contributed by atoms with E-state index in [4.69, 9.17) is 10.5 Å². The molecule has 0 saturated carbocycles. The van der Waals surface area contributed by atoms with Gasteiger partial charge in [-0.3, -0.25) is 0 Å². The lowest BCUT2D eigenvalue weighted by molar-refractivity contribution is 0.311. The van der Waals surface area contributed by atoms with Gasteiger partial charge >= 0.3 is 0 Å². The lowest BCUT2D eigenvalue weighted by Gasteiger charge is -2.26. The number of rotatable bonds is 4. The summed E-state index contributed by atoms with van der Waals surface area (Å²) < 4.78 is 5.84. The number of hydrogen-bond acceptors (Lipinski definition) is 2. The molecule has 0 unspecified atom stereocenters. The highest BCUT2D eigenvalue weighted by atomic mass is 16.5. The van der Waals surface area contributed by atoms with Crippen molar-refractivity contribution < 1.29 is 4.74 Å². The van der Waals surface area contributed by atoms with Gasteiger partial charge in [-0.15, -0.1) is 0 Å². The van der Waals surface area contributed by atoms with E-state index < -0.39 is 0 Å². The summed E-state index contributed by atoms with van der Waals surface area (Å²) in [7, 11) is 0. The van der Waals surface area contributed by atoms with E-state index in [9.17, 15) is 0 Å². The molecule has 1 aromatic carbocycles. The van der Waals surface area contributed by atoms with Gasteiger partial charge in [-0.05, 0) is 47.1 Å². The predicted octanol–water partition coefficient (Wildman–Crippen LogP) is 4.01. The van der Waals surface area contributed by atoms with Gasteiger partial charge in [0.25, 0.3) is 0 Å². The summed E-state index contributed by atoms with van der Waals surface area (Å²) in [5, 5.41) is 0. The molecule has 0 fully saturated rings. The van der Waals surface area contributed by atoms with Gasteiger partial charge in [0.1, 0.15) is 5.75 Å². The molecule has 1 aromatic rings. The monoisotopic (exact) mass is 263 g/mol. The van der Waals surface area contributed by atoms with Crippen LogP contribution in [0.4, 0.5) is 0 Å². The third-order valence-corrected chi connectivity index (χ3v) is 3.26. The smallest absolute Gasteiger partial charge is 0.119 e. The number of nitrogens with two attached hydrogens (primary N) is 1. The maximum Gasteiger partial charge on any atom is 0.119 e. The Hall–Kier alpha value is -1.02. The van der Waals surface area contributed by atoms with Crippen molar-refractivity contribution in [2.45, 2.75) is 58.8 Å². The Labute approximate surface area is 118 Å². The Balaban J connectivity index is 3.10. The molecular formula is C17H29NO. The van der Waals surface area contributed by atoms with Crippen LogP contribution in [-0.4, -0.2) is 13.2 Å². The Bertz CT molecular complexity index is 378. The first-order valence-electron chi connectivity index (χ1n) is 7.13. The molecule has 0 atom stereocenters. The lowest BCUT2D eigenvalue weighted by Crippen LogP contribution is -2.17. The van der Waals surface area contributed by atoms with E-state index in [0.717, 1.165) is 12.2 Å². The van der Waals surface area contributed by atoms with Gasteiger partial charge in [0, 0.05) is 0 Å². The summed E-state index contributed by atoms with van der Waals surface area (Å²) in [5.41, 5.74) is 8.42. The fourth-order valence-electron chi connectivity index (χ4n) is 1.82. The topological polar surface area (TPSA) is 35.2 Å². The van der Waals surface area contributed by atoms with E-state index in [1.165, 1.54) is 11.1 Å². The standard InChI is InChI=1S/C17H29NO/c1-16(2,3)13-10-14(17(4,5)6)12-15(11-13)19-9-7-8-18/h10-12H,7-9,18H2,1-6H3. The summed E-state index contributed by atoms with van der Waals surface area (Å²) in [6.45, 7) is 14.8. The summed E-state index contributed by atoms with van der Waals surface area (Å²) >= 11 is 0. The minimum absolute atomic E-state index is 0.132. The molecule has 0 aromatic heterocycles. The fourth-order valence-corrected chi connectivity index (χ4v) is 1.82. The third-order valence-electron chi connectivity index (χ3n) is 3.26. The Kier molecular flexibility index (Phi) is 5.03. The van der Waals surface area contributed by atoms with Crippen molar-refractivity contribution in [2.24, 2.45) is 5.73 Å². The molecule has 2 heteroatoms. The molecule has 108 valence electrons. The highest BCUT2D eigenvalue weighted by Gasteiger charge is 2.20. The van der Waals surface area contributed by atoms with Crippen LogP contribution in [0, 0.1) is 0 Å². The second-order valence-electron chi connectivity index (χ2n) is 7.24. The van der Waals surface area contributed by atoms with Gasteiger partial charge in [0.05, 0.1) is 6.61 Å². The number of benzene rings is 1. The van der Waals surface area contributed by atoms with E-state index in [0.29, 0.717) is 13.2 Å². The average molecular weight is 263 g/mol. The van der Waals surface area contributed by atoms with Crippen molar-refractivity contribution in [3.63, 3.8) is 0 Å². The largest absolute Gasteiger partial charge is 0.494 e. The fraction of sp³-hybridized carbons (Fsp3) is 0.647. The van der Waals surface area contributed by atoms with Crippen molar-refractivity contribution in [3.05, 3.63) is 29.3 Å². The summed E-state index contributed by atoms with van der Waals surface area (Å²) in [6.07, 6.45) is 0.893. The second kappa shape index (κ2) is 5.96. The molecule has 1 rings (SSSR count). The zero-order chi connectivity index (χ0) is 14.7. The van der Waals surface area contributed by atoms with E-state index >= 15 is 0 Å². The molecule has 0 spiro atoms. The van der Waals surface area contributed by atoms with E-state index in [1.807, 2.05) is 0 Å². The molecule has 19 heavy (non-hydrogen) atoms. The number of ether oxygens (including phenoxy) is 1. The predicted molar refractivity (Wildman–Crippen MR) is 83.0 cm³/mol. The van der Waals surface area contributed by atoms with E-state index in [1.54, 1.807) is 0 Å². The molecule has 2 N–H and O–H groups in total. The molecule has 2 nitrogen and oxygen atoms in total. The van der Waals surface area contributed by atoms with Gasteiger partial charge in [-0.2, -0.15) is 0 Å². The normalized spacial score (nSPS) is 12.6. The van der Waals surface area contributed by atoms with Gasteiger partial charge in [-0.25, -0.2) is 0 Å². The van der Waals surface area contributed by atoms with Crippen LogP contribution in [0.3, 0.4) is 0 Å². The van der Waals surface area contributed by atoms with Gasteiger partial charge in [0.2, 0.25) is 0 Å². The highest BCUT2D eigenvalue weighted by Crippen LogP contribution is 2.32. The minimum atomic E-state index is 0.132. The summed E-state index contributed by atoms with van der Waals surface area (Å²) in [6, 6.07) is 6.62. The minimum Gasteiger partial charge on any atom is -0.494 e. The van der Waals surface area contributed by atoms with Gasteiger partial charge in [0.15, 0.2) is 0 Å². The maximum absolute atomic E-state index is 5.84. The number of hydrogen-bond donors (Lipinski definition) is 1. The van der Waals surface area contributed by atoms with Gasteiger partial charge in [-0.1, -0.05) is 47.6 Å². The van der Waals surface area contributed by atoms with Crippen molar-refractivity contribution >= 4 is 0 Å². The van der Waals surface area contributed by atoms with Crippen molar-refractivity contribution in [1.29, 1.82) is 0 Å².